The van der Waals surface area contributed by atoms with Gasteiger partial charge in [0, 0.05) is 5.54 Å². The van der Waals surface area contributed by atoms with E-state index >= 15 is 0 Å². The molecule has 0 atom stereocenters. The maximum absolute atomic E-state index is 12.0. The Bertz CT molecular complexity index is 383. The number of aromatic nitrogens is 2. The first kappa shape index (κ1) is 12.6. The number of hydrogen-bond acceptors (Lipinski definition) is 5. The monoisotopic (exact) mass is 243 g/mol. The molecule has 0 fully saturated rings. The lowest BCUT2D eigenvalue weighted by Gasteiger charge is -2.33. The topological polar surface area (TPSA) is 83.4 Å². The highest BCUT2D eigenvalue weighted by molar-refractivity contribution is 6.99. The average Bonchev–Trinajstić information content (AvgIpc) is 2.63. The molecular formula is C9H13N3O3S. The van der Waals surface area contributed by atoms with E-state index in [0.29, 0.717) is 0 Å². The smallest absolute Gasteiger partial charge is 0.323 e. The van der Waals surface area contributed by atoms with E-state index < -0.39 is 17.4 Å². The van der Waals surface area contributed by atoms with Crippen LogP contribution in [-0.4, -0.2) is 42.7 Å². The third-order valence-corrected chi connectivity index (χ3v) is 2.41. The second-order valence-electron chi connectivity index (χ2n) is 4.25. The first-order valence-electron chi connectivity index (χ1n) is 4.63. The Morgan fingerprint density at radius 1 is 1.50 bits per heavy atom. The van der Waals surface area contributed by atoms with E-state index in [1.54, 1.807) is 20.8 Å². The van der Waals surface area contributed by atoms with Gasteiger partial charge in [0.25, 0.3) is 5.91 Å². The summed E-state index contributed by atoms with van der Waals surface area (Å²) in [5.74, 6) is -1.46. The molecular weight excluding hydrogens is 230 g/mol. The summed E-state index contributed by atoms with van der Waals surface area (Å²) >= 11 is 0.920. The Morgan fingerprint density at radius 2 is 2.12 bits per heavy atom. The standard InChI is InChI=1S/C9H13N3O3S/c1-9(2,3)12(5-7(13)14)8(15)6-4-10-16-11-6/h4H,5H2,1-3H3,(H,13,14). The Balaban J connectivity index is 2.94. The number of aliphatic carboxylic acids is 1. The van der Waals surface area contributed by atoms with E-state index in [0.717, 1.165) is 11.7 Å². The van der Waals surface area contributed by atoms with Gasteiger partial charge in [0.1, 0.15) is 6.54 Å². The van der Waals surface area contributed by atoms with Crippen molar-refractivity contribution in [2.45, 2.75) is 26.3 Å². The van der Waals surface area contributed by atoms with Crippen molar-refractivity contribution in [3.8, 4) is 0 Å². The highest BCUT2D eigenvalue weighted by Crippen LogP contribution is 2.16. The van der Waals surface area contributed by atoms with E-state index in [9.17, 15) is 9.59 Å². The fourth-order valence-electron chi connectivity index (χ4n) is 1.15. The fraction of sp³-hybridized carbons (Fsp3) is 0.556. The fourth-order valence-corrected chi connectivity index (χ4v) is 1.55. The van der Waals surface area contributed by atoms with Crippen molar-refractivity contribution >= 4 is 23.6 Å². The molecule has 16 heavy (non-hydrogen) atoms. The molecule has 1 heterocycles. The molecule has 0 bridgehead atoms. The molecule has 1 N–H and O–H groups in total. The predicted molar refractivity (Wildman–Crippen MR) is 58.3 cm³/mol. The molecule has 1 rings (SSSR count). The minimum absolute atomic E-state index is 0.182. The predicted octanol–water partition coefficient (Wildman–Crippen LogP) is 0.863. The van der Waals surface area contributed by atoms with Gasteiger partial charge in [-0.05, 0) is 20.8 Å². The van der Waals surface area contributed by atoms with Gasteiger partial charge in [0.05, 0.1) is 17.9 Å². The summed E-state index contributed by atoms with van der Waals surface area (Å²) in [5, 5.41) is 8.77. The number of hydrogen-bond donors (Lipinski definition) is 1. The van der Waals surface area contributed by atoms with Crippen molar-refractivity contribution in [3.05, 3.63) is 11.9 Å². The highest BCUT2D eigenvalue weighted by atomic mass is 32.1. The van der Waals surface area contributed by atoms with Crippen LogP contribution >= 0.6 is 11.7 Å². The maximum atomic E-state index is 12.0. The van der Waals surface area contributed by atoms with Gasteiger partial charge >= 0.3 is 5.97 Å². The van der Waals surface area contributed by atoms with Crippen LogP contribution in [0.25, 0.3) is 0 Å². The first-order chi connectivity index (χ1) is 7.32. The zero-order valence-corrected chi connectivity index (χ0v) is 10.1. The van der Waals surface area contributed by atoms with Crippen molar-refractivity contribution in [3.63, 3.8) is 0 Å². The van der Waals surface area contributed by atoms with E-state index in [-0.39, 0.29) is 12.2 Å². The van der Waals surface area contributed by atoms with Crippen molar-refractivity contribution in [1.82, 2.24) is 13.6 Å². The lowest BCUT2D eigenvalue weighted by molar-refractivity contribution is -0.138. The summed E-state index contributed by atoms with van der Waals surface area (Å²) in [6.45, 7) is 4.97. The molecule has 0 aromatic carbocycles. The number of carbonyl (C=O) groups excluding carboxylic acids is 1. The molecule has 0 spiro atoms. The molecule has 0 radical (unpaired) electrons. The van der Waals surface area contributed by atoms with E-state index in [1.807, 2.05) is 0 Å². The molecule has 1 amide bonds. The molecule has 6 nitrogen and oxygen atoms in total. The van der Waals surface area contributed by atoms with Crippen LogP contribution in [0.2, 0.25) is 0 Å². The molecule has 0 aliphatic rings. The van der Waals surface area contributed by atoms with Gasteiger partial charge in [-0.25, -0.2) is 0 Å². The van der Waals surface area contributed by atoms with Gasteiger partial charge in [-0.15, -0.1) is 0 Å². The number of carboxylic acid groups (broad SMARTS) is 1. The average molecular weight is 243 g/mol. The summed E-state index contributed by atoms with van der Waals surface area (Å²) in [6.07, 6.45) is 1.34. The van der Waals surface area contributed by atoms with Crippen molar-refractivity contribution in [2.24, 2.45) is 0 Å². The van der Waals surface area contributed by atoms with Gasteiger partial charge < -0.3 is 10.0 Å². The van der Waals surface area contributed by atoms with Gasteiger partial charge in [-0.3, -0.25) is 9.59 Å². The third-order valence-electron chi connectivity index (χ3n) is 1.93. The molecule has 88 valence electrons. The number of carbonyl (C=O) groups is 2. The molecule has 1 aromatic heterocycles. The van der Waals surface area contributed by atoms with Crippen LogP contribution in [0.3, 0.4) is 0 Å². The molecule has 0 saturated heterocycles. The zero-order valence-electron chi connectivity index (χ0n) is 9.30. The molecule has 0 aliphatic heterocycles. The van der Waals surface area contributed by atoms with E-state index in [1.165, 1.54) is 11.1 Å². The van der Waals surface area contributed by atoms with Crippen LogP contribution in [0, 0.1) is 0 Å². The lowest BCUT2D eigenvalue weighted by Crippen LogP contribution is -2.48. The van der Waals surface area contributed by atoms with Gasteiger partial charge in [-0.1, -0.05) is 0 Å². The lowest BCUT2D eigenvalue weighted by atomic mass is 10.1. The van der Waals surface area contributed by atoms with E-state index in [2.05, 4.69) is 8.75 Å². The van der Waals surface area contributed by atoms with Crippen LogP contribution in [0.5, 0.6) is 0 Å². The number of carboxylic acids is 1. The van der Waals surface area contributed by atoms with Crippen LogP contribution in [0.4, 0.5) is 0 Å². The molecule has 0 aliphatic carbocycles. The minimum Gasteiger partial charge on any atom is -0.480 e. The van der Waals surface area contributed by atoms with Gasteiger partial charge in [0.2, 0.25) is 0 Å². The second kappa shape index (κ2) is 4.56. The van der Waals surface area contributed by atoms with Crippen molar-refractivity contribution in [2.75, 3.05) is 6.54 Å². The summed E-state index contributed by atoms with van der Waals surface area (Å²) in [6, 6.07) is 0. The Morgan fingerprint density at radius 3 is 2.50 bits per heavy atom. The Kier molecular flexibility index (Phi) is 3.58. The van der Waals surface area contributed by atoms with Crippen molar-refractivity contribution in [1.29, 1.82) is 0 Å². The Labute approximate surface area is 97.2 Å². The summed E-state index contributed by atoms with van der Waals surface area (Å²) in [4.78, 5) is 23.9. The van der Waals surface area contributed by atoms with Gasteiger partial charge in [0.15, 0.2) is 5.69 Å². The number of amides is 1. The molecule has 0 saturated carbocycles. The number of nitrogens with zero attached hydrogens (tertiary/aromatic N) is 3. The molecule has 0 unspecified atom stereocenters. The summed E-state index contributed by atoms with van der Waals surface area (Å²) < 4.78 is 7.53. The SMILES string of the molecule is CC(C)(C)N(CC(=O)O)C(=O)c1cnsn1. The summed E-state index contributed by atoms with van der Waals surface area (Å²) in [5.41, 5.74) is -0.389. The third kappa shape index (κ3) is 2.99. The molecule has 1 aromatic rings. The van der Waals surface area contributed by atoms with Crippen LogP contribution in [0.15, 0.2) is 6.20 Å². The number of rotatable bonds is 3. The molecule has 7 heteroatoms. The van der Waals surface area contributed by atoms with Gasteiger partial charge in [-0.2, -0.15) is 8.75 Å². The first-order valence-corrected chi connectivity index (χ1v) is 5.36. The largest absolute Gasteiger partial charge is 0.480 e. The normalized spacial score (nSPS) is 11.2. The quantitative estimate of drug-likeness (QED) is 0.851. The summed E-state index contributed by atoms with van der Waals surface area (Å²) in [7, 11) is 0. The highest BCUT2D eigenvalue weighted by Gasteiger charge is 2.30. The zero-order chi connectivity index (χ0) is 12.3. The Hall–Kier alpha value is -1.50. The van der Waals surface area contributed by atoms with Crippen molar-refractivity contribution < 1.29 is 14.7 Å². The van der Waals surface area contributed by atoms with Crippen LogP contribution in [0.1, 0.15) is 31.3 Å². The minimum atomic E-state index is -1.05. The van der Waals surface area contributed by atoms with Crippen LogP contribution < -0.4 is 0 Å². The maximum Gasteiger partial charge on any atom is 0.323 e. The van der Waals surface area contributed by atoms with Crippen LogP contribution in [-0.2, 0) is 4.79 Å². The second-order valence-corrected chi connectivity index (χ2v) is 4.81. The van der Waals surface area contributed by atoms with E-state index in [4.69, 9.17) is 5.11 Å².